The molecule has 0 aliphatic rings. The van der Waals surface area contributed by atoms with Crippen LogP contribution in [0.1, 0.15) is 6.92 Å². The van der Waals surface area contributed by atoms with Crippen molar-refractivity contribution in [2.24, 2.45) is 0 Å². The first kappa shape index (κ1) is 10.9. The van der Waals surface area contributed by atoms with Crippen LogP contribution in [0.3, 0.4) is 0 Å². The average molecular weight is 155 g/mol. The summed E-state index contributed by atoms with van der Waals surface area (Å²) in [6, 6.07) is 0. The Labute approximate surface area is 59.3 Å². The molecule has 0 aromatic rings. The Bertz CT molecular complexity index is 70.8. The minimum Gasteiger partial charge on any atom is -0.297 e. The molecular formula is C5H8Cl2O. The maximum atomic E-state index is 9.88. The number of alkyl halides is 2. The van der Waals surface area contributed by atoms with Gasteiger partial charge in [0.1, 0.15) is 0 Å². The number of Topliss-reactive ketones (excluding diaryl/α,β-unsaturated/α-hetero) is 1. The Hall–Kier alpha value is -0.0100. The Kier molecular flexibility index (Phi) is 9.51. The largest absolute Gasteiger partial charge is 0.297 e. The summed E-state index contributed by atoms with van der Waals surface area (Å²) in [4.78, 5) is 9.04. The van der Waals surface area contributed by atoms with E-state index >= 15 is 0 Å². The normalized spacial score (nSPS) is 7.50. The molecule has 0 aliphatic heterocycles. The molecule has 1 nitrogen and oxygen atoms in total. The summed E-state index contributed by atoms with van der Waals surface area (Å²) in [7, 11) is 0. The van der Waals surface area contributed by atoms with Gasteiger partial charge in [-0.15, -0.1) is 13.2 Å². The fraction of sp³-hybridized carbons (Fsp3) is 0.400. The van der Waals surface area contributed by atoms with Crippen LogP contribution in [0, 0.1) is 0 Å². The second-order valence-corrected chi connectivity index (χ2v) is 2.01. The highest BCUT2D eigenvalue weighted by molar-refractivity contribution is 6.53. The summed E-state index contributed by atoms with van der Waals surface area (Å²) >= 11 is 10.1. The van der Waals surface area contributed by atoms with Crippen LogP contribution in [0.15, 0.2) is 13.2 Å². The van der Waals surface area contributed by atoms with Crippen LogP contribution in [0.25, 0.3) is 0 Å². The molecule has 0 aliphatic carbocycles. The number of rotatable bonds is 1. The van der Waals surface area contributed by atoms with Crippen molar-refractivity contribution in [1.29, 1.82) is 0 Å². The van der Waals surface area contributed by atoms with E-state index in [2.05, 4.69) is 13.2 Å². The second-order valence-electron chi connectivity index (χ2n) is 0.911. The Morgan fingerprint density at radius 3 is 1.62 bits per heavy atom. The monoisotopic (exact) mass is 154 g/mol. The van der Waals surface area contributed by atoms with Gasteiger partial charge in [-0.05, 0) is 6.92 Å². The minimum atomic E-state index is -0.843. The summed E-state index contributed by atoms with van der Waals surface area (Å²) in [5.74, 6) is -0.210. The van der Waals surface area contributed by atoms with E-state index in [4.69, 9.17) is 23.2 Å². The first-order chi connectivity index (χ1) is 3.64. The first-order valence-corrected chi connectivity index (χ1v) is 2.80. The zero-order valence-corrected chi connectivity index (χ0v) is 6.17. The van der Waals surface area contributed by atoms with Gasteiger partial charge in [-0.25, -0.2) is 0 Å². The molecule has 0 saturated heterocycles. The zero-order valence-electron chi connectivity index (χ0n) is 4.66. The molecule has 0 aromatic heterocycles. The summed E-state index contributed by atoms with van der Waals surface area (Å²) < 4.78 is 0. The lowest BCUT2D eigenvalue weighted by atomic mass is 10.5. The van der Waals surface area contributed by atoms with Crippen LogP contribution in [0.5, 0.6) is 0 Å². The van der Waals surface area contributed by atoms with Gasteiger partial charge < -0.3 is 0 Å². The van der Waals surface area contributed by atoms with Crippen LogP contribution in [0.2, 0.25) is 0 Å². The van der Waals surface area contributed by atoms with Crippen LogP contribution in [0.4, 0.5) is 0 Å². The molecule has 8 heavy (non-hydrogen) atoms. The van der Waals surface area contributed by atoms with Gasteiger partial charge in [-0.3, -0.25) is 4.79 Å². The third-order valence-corrected chi connectivity index (χ3v) is 0.922. The molecule has 0 radical (unpaired) electrons. The van der Waals surface area contributed by atoms with Gasteiger partial charge in [0.2, 0.25) is 0 Å². The van der Waals surface area contributed by atoms with Crippen molar-refractivity contribution >= 4 is 29.0 Å². The molecular weight excluding hydrogens is 147 g/mol. The SMILES string of the molecule is C=C.CC(=O)C(Cl)Cl. The van der Waals surface area contributed by atoms with Crippen molar-refractivity contribution in [3.63, 3.8) is 0 Å². The molecule has 48 valence electrons. The van der Waals surface area contributed by atoms with E-state index in [1.807, 2.05) is 0 Å². The zero-order chi connectivity index (χ0) is 7.15. The lowest BCUT2D eigenvalue weighted by Crippen LogP contribution is -1.99. The molecule has 0 saturated carbocycles. The molecule has 0 spiro atoms. The maximum absolute atomic E-state index is 9.88. The predicted octanol–water partition coefficient (Wildman–Crippen LogP) is 2.18. The molecule has 3 heteroatoms. The topological polar surface area (TPSA) is 17.1 Å². The molecule has 0 rings (SSSR count). The summed E-state index contributed by atoms with van der Waals surface area (Å²) in [6.07, 6.45) is 0. The molecule has 0 unspecified atom stereocenters. The number of carbonyl (C=O) groups excluding carboxylic acids is 1. The van der Waals surface area contributed by atoms with E-state index < -0.39 is 4.84 Å². The molecule has 0 bridgehead atoms. The molecule has 0 fully saturated rings. The third kappa shape index (κ3) is 9.37. The van der Waals surface area contributed by atoms with Crippen LogP contribution in [-0.4, -0.2) is 10.6 Å². The molecule has 0 N–H and O–H groups in total. The Morgan fingerprint density at radius 1 is 1.50 bits per heavy atom. The van der Waals surface area contributed by atoms with Crippen LogP contribution < -0.4 is 0 Å². The van der Waals surface area contributed by atoms with Gasteiger partial charge in [0, 0.05) is 0 Å². The fourth-order valence-electron chi connectivity index (χ4n) is 0. The van der Waals surface area contributed by atoms with Crippen molar-refractivity contribution in [1.82, 2.24) is 0 Å². The number of halogens is 2. The summed E-state index contributed by atoms with van der Waals surface area (Å²) in [6.45, 7) is 7.34. The van der Waals surface area contributed by atoms with E-state index in [0.717, 1.165) is 0 Å². The van der Waals surface area contributed by atoms with E-state index in [-0.39, 0.29) is 5.78 Å². The average Bonchev–Trinajstić information content (AvgIpc) is 1.72. The Morgan fingerprint density at radius 2 is 1.62 bits per heavy atom. The highest BCUT2D eigenvalue weighted by Gasteiger charge is 2.01. The van der Waals surface area contributed by atoms with E-state index in [0.29, 0.717) is 0 Å². The van der Waals surface area contributed by atoms with Crippen LogP contribution in [-0.2, 0) is 4.79 Å². The van der Waals surface area contributed by atoms with Crippen molar-refractivity contribution in [2.75, 3.05) is 0 Å². The maximum Gasteiger partial charge on any atom is 0.165 e. The number of ketones is 1. The van der Waals surface area contributed by atoms with Gasteiger partial charge >= 0.3 is 0 Å². The van der Waals surface area contributed by atoms with E-state index in [1.54, 1.807) is 0 Å². The van der Waals surface area contributed by atoms with Gasteiger partial charge in [0.05, 0.1) is 0 Å². The number of hydrogen-bond donors (Lipinski definition) is 0. The highest BCUT2D eigenvalue weighted by atomic mass is 35.5. The molecule has 0 atom stereocenters. The van der Waals surface area contributed by atoms with E-state index in [9.17, 15) is 4.79 Å². The van der Waals surface area contributed by atoms with Crippen molar-refractivity contribution in [2.45, 2.75) is 11.8 Å². The molecule has 0 aromatic carbocycles. The quantitative estimate of drug-likeness (QED) is 0.419. The van der Waals surface area contributed by atoms with Gasteiger partial charge in [0.25, 0.3) is 0 Å². The van der Waals surface area contributed by atoms with Crippen molar-refractivity contribution < 1.29 is 4.79 Å². The van der Waals surface area contributed by atoms with Gasteiger partial charge in [0.15, 0.2) is 10.6 Å². The Balaban J connectivity index is 0. The van der Waals surface area contributed by atoms with Crippen molar-refractivity contribution in [3.8, 4) is 0 Å². The van der Waals surface area contributed by atoms with Crippen LogP contribution >= 0.6 is 23.2 Å². The summed E-state index contributed by atoms with van der Waals surface area (Å²) in [5, 5.41) is 0. The predicted molar refractivity (Wildman–Crippen MR) is 37.4 cm³/mol. The summed E-state index contributed by atoms with van der Waals surface area (Å²) in [5.41, 5.74) is 0. The second kappa shape index (κ2) is 6.99. The smallest absolute Gasteiger partial charge is 0.165 e. The molecule has 0 heterocycles. The van der Waals surface area contributed by atoms with E-state index in [1.165, 1.54) is 6.92 Å². The lowest BCUT2D eigenvalue weighted by molar-refractivity contribution is -0.115. The van der Waals surface area contributed by atoms with Crippen molar-refractivity contribution in [3.05, 3.63) is 13.2 Å². The molecule has 0 amide bonds. The number of hydrogen-bond acceptors (Lipinski definition) is 1. The minimum absolute atomic E-state index is 0.210. The fourth-order valence-corrected chi connectivity index (χ4v) is 0. The highest BCUT2D eigenvalue weighted by Crippen LogP contribution is 2.00. The number of carbonyl (C=O) groups is 1. The third-order valence-electron chi connectivity index (χ3n) is 0.307. The standard InChI is InChI=1S/C3H4Cl2O.C2H4/c1-2(6)3(4)5;1-2/h3H,1H3;1-2H2. The van der Waals surface area contributed by atoms with Gasteiger partial charge in [-0.1, -0.05) is 23.2 Å². The lowest BCUT2D eigenvalue weighted by Gasteiger charge is -1.85. The van der Waals surface area contributed by atoms with Gasteiger partial charge in [-0.2, -0.15) is 0 Å². The first-order valence-electron chi connectivity index (χ1n) is 1.93.